The van der Waals surface area contributed by atoms with Crippen molar-refractivity contribution in [2.45, 2.75) is 13.8 Å². The van der Waals surface area contributed by atoms with Crippen molar-refractivity contribution in [3.63, 3.8) is 0 Å². The molecule has 0 unspecified atom stereocenters. The van der Waals surface area contributed by atoms with E-state index >= 15 is 0 Å². The van der Waals surface area contributed by atoms with Gasteiger partial charge in [0.25, 0.3) is 5.91 Å². The van der Waals surface area contributed by atoms with Crippen LogP contribution < -0.4 is 5.32 Å². The maximum Gasteiger partial charge on any atom is 0.256 e. The number of carbonyl (C=O) groups excluding carboxylic acids is 2. The molecule has 0 aliphatic heterocycles. The van der Waals surface area contributed by atoms with Gasteiger partial charge in [-0.1, -0.05) is 18.2 Å². The van der Waals surface area contributed by atoms with Crippen molar-refractivity contribution >= 4 is 17.4 Å². The zero-order valence-corrected chi connectivity index (χ0v) is 11.3. The second kappa shape index (κ2) is 5.57. The molecule has 0 spiro atoms. The molecule has 0 fully saturated rings. The average molecular weight is 269 g/mol. The summed E-state index contributed by atoms with van der Waals surface area (Å²) in [7, 11) is 0. The van der Waals surface area contributed by atoms with Crippen molar-refractivity contribution in [3.8, 4) is 5.75 Å². The number of carbonyl (C=O) groups is 2. The first-order chi connectivity index (χ1) is 9.49. The Morgan fingerprint density at radius 1 is 1.10 bits per heavy atom. The predicted octanol–water partition coefficient (Wildman–Crippen LogP) is 3.16. The molecule has 0 bridgehead atoms. The highest BCUT2D eigenvalue weighted by molar-refractivity contribution is 6.06. The van der Waals surface area contributed by atoms with E-state index in [4.69, 9.17) is 0 Å². The second-order valence-electron chi connectivity index (χ2n) is 4.54. The average Bonchev–Trinajstić information content (AvgIpc) is 2.42. The maximum atomic E-state index is 12.2. The van der Waals surface area contributed by atoms with Crippen LogP contribution in [0.2, 0.25) is 0 Å². The van der Waals surface area contributed by atoms with Crippen molar-refractivity contribution in [2.75, 3.05) is 5.32 Å². The molecule has 0 heterocycles. The number of hydrogen-bond acceptors (Lipinski definition) is 3. The van der Waals surface area contributed by atoms with Crippen LogP contribution in [0.15, 0.2) is 42.5 Å². The van der Waals surface area contributed by atoms with Gasteiger partial charge in [0.05, 0.1) is 0 Å². The molecular formula is C16H15NO3. The normalized spacial score (nSPS) is 10.1. The highest BCUT2D eigenvalue weighted by Crippen LogP contribution is 2.21. The van der Waals surface area contributed by atoms with Gasteiger partial charge in [-0.3, -0.25) is 9.59 Å². The molecule has 0 saturated carbocycles. The molecular weight excluding hydrogens is 254 g/mol. The Morgan fingerprint density at radius 3 is 2.50 bits per heavy atom. The number of phenolic OH excluding ortho intramolecular Hbond substituents is 1. The minimum Gasteiger partial charge on any atom is -0.508 e. The second-order valence-corrected chi connectivity index (χ2v) is 4.54. The number of aromatic hydroxyl groups is 1. The summed E-state index contributed by atoms with van der Waals surface area (Å²) in [5, 5.41) is 12.3. The molecule has 4 heteroatoms. The number of Topliss-reactive ketones (excluding diaryl/α,β-unsaturated/α-hetero) is 1. The third-order valence-electron chi connectivity index (χ3n) is 3.08. The maximum absolute atomic E-state index is 12.2. The highest BCUT2D eigenvalue weighted by Gasteiger charge is 2.12. The van der Waals surface area contributed by atoms with E-state index in [1.54, 1.807) is 43.3 Å². The number of phenols is 1. The summed E-state index contributed by atoms with van der Waals surface area (Å²) < 4.78 is 0. The first-order valence-corrected chi connectivity index (χ1v) is 6.20. The van der Waals surface area contributed by atoms with E-state index in [-0.39, 0.29) is 17.4 Å². The minimum atomic E-state index is -0.320. The van der Waals surface area contributed by atoms with Crippen molar-refractivity contribution in [1.82, 2.24) is 0 Å². The van der Waals surface area contributed by atoms with Gasteiger partial charge < -0.3 is 10.4 Å². The highest BCUT2D eigenvalue weighted by atomic mass is 16.3. The third-order valence-corrected chi connectivity index (χ3v) is 3.08. The van der Waals surface area contributed by atoms with Gasteiger partial charge in [-0.15, -0.1) is 0 Å². The lowest BCUT2D eigenvalue weighted by Crippen LogP contribution is -2.13. The van der Waals surface area contributed by atoms with E-state index in [0.717, 1.165) is 0 Å². The Labute approximate surface area is 117 Å². The lowest BCUT2D eigenvalue weighted by Gasteiger charge is -2.09. The molecule has 2 aromatic rings. The van der Waals surface area contributed by atoms with Gasteiger partial charge in [-0.05, 0) is 38.1 Å². The number of benzene rings is 2. The summed E-state index contributed by atoms with van der Waals surface area (Å²) in [6.07, 6.45) is 0. The van der Waals surface area contributed by atoms with E-state index in [1.807, 2.05) is 0 Å². The van der Waals surface area contributed by atoms with Gasteiger partial charge in [0.15, 0.2) is 5.78 Å². The van der Waals surface area contributed by atoms with Crippen LogP contribution in [-0.2, 0) is 0 Å². The van der Waals surface area contributed by atoms with Gasteiger partial charge in [-0.2, -0.15) is 0 Å². The van der Waals surface area contributed by atoms with E-state index in [9.17, 15) is 14.7 Å². The lowest BCUT2D eigenvalue weighted by atomic mass is 10.1. The van der Waals surface area contributed by atoms with Crippen LogP contribution in [0.1, 0.15) is 33.2 Å². The summed E-state index contributed by atoms with van der Waals surface area (Å²) in [6.45, 7) is 3.15. The van der Waals surface area contributed by atoms with Crippen molar-refractivity contribution in [3.05, 3.63) is 59.2 Å². The van der Waals surface area contributed by atoms with E-state index in [2.05, 4.69) is 5.32 Å². The number of rotatable bonds is 3. The summed E-state index contributed by atoms with van der Waals surface area (Å²) in [6, 6.07) is 11.5. The fourth-order valence-electron chi connectivity index (χ4n) is 1.88. The molecule has 1 amide bonds. The molecule has 2 rings (SSSR count). The molecule has 0 aliphatic rings. The molecule has 4 nitrogen and oxygen atoms in total. The minimum absolute atomic E-state index is 0.0605. The standard InChI is InChI=1S/C16H15NO3/c1-10-14(7-4-8-15(10)19)16(20)17-13-6-3-5-12(9-13)11(2)18/h3-9,19H,1-2H3,(H,17,20). The monoisotopic (exact) mass is 269 g/mol. The Balaban J connectivity index is 2.26. The first-order valence-electron chi connectivity index (χ1n) is 6.20. The number of anilines is 1. The zero-order chi connectivity index (χ0) is 14.7. The largest absolute Gasteiger partial charge is 0.508 e. The molecule has 2 aromatic carbocycles. The summed E-state index contributed by atoms with van der Waals surface area (Å²) in [5.74, 6) is -0.302. The van der Waals surface area contributed by atoms with Crippen LogP contribution in [-0.4, -0.2) is 16.8 Å². The van der Waals surface area contributed by atoms with Crippen LogP contribution in [0.4, 0.5) is 5.69 Å². The quantitative estimate of drug-likeness (QED) is 0.841. The first kappa shape index (κ1) is 13.8. The van der Waals surface area contributed by atoms with Gasteiger partial charge in [0.1, 0.15) is 5.75 Å². The molecule has 2 N–H and O–H groups in total. The zero-order valence-electron chi connectivity index (χ0n) is 11.3. The molecule has 102 valence electrons. The van der Waals surface area contributed by atoms with Gasteiger partial charge in [0, 0.05) is 22.4 Å². The van der Waals surface area contributed by atoms with E-state index in [1.165, 1.54) is 13.0 Å². The Morgan fingerprint density at radius 2 is 1.80 bits per heavy atom. The topological polar surface area (TPSA) is 66.4 Å². The van der Waals surface area contributed by atoms with Gasteiger partial charge >= 0.3 is 0 Å². The molecule has 0 atom stereocenters. The van der Waals surface area contributed by atoms with Crippen molar-refractivity contribution < 1.29 is 14.7 Å². The molecule has 0 saturated heterocycles. The van der Waals surface area contributed by atoms with Gasteiger partial charge in [-0.25, -0.2) is 0 Å². The van der Waals surface area contributed by atoms with E-state index in [0.29, 0.717) is 22.4 Å². The van der Waals surface area contributed by atoms with Gasteiger partial charge in [0.2, 0.25) is 0 Å². The lowest BCUT2D eigenvalue weighted by molar-refractivity contribution is 0.101. The molecule has 0 aromatic heterocycles. The number of nitrogens with one attached hydrogen (secondary N) is 1. The molecule has 20 heavy (non-hydrogen) atoms. The van der Waals surface area contributed by atoms with Crippen LogP contribution in [0, 0.1) is 6.92 Å². The smallest absolute Gasteiger partial charge is 0.256 e. The SMILES string of the molecule is CC(=O)c1cccc(NC(=O)c2cccc(O)c2C)c1. The fraction of sp³-hybridized carbons (Fsp3) is 0.125. The third kappa shape index (κ3) is 2.85. The number of ketones is 1. The molecule has 0 radical (unpaired) electrons. The van der Waals surface area contributed by atoms with Crippen LogP contribution in [0.5, 0.6) is 5.75 Å². The number of hydrogen-bond donors (Lipinski definition) is 2. The summed E-state index contributed by atoms with van der Waals surface area (Å²) >= 11 is 0. The Kier molecular flexibility index (Phi) is 3.84. The van der Waals surface area contributed by atoms with Crippen LogP contribution >= 0.6 is 0 Å². The number of amides is 1. The van der Waals surface area contributed by atoms with Crippen LogP contribution in [0.25, 0.3) is 0 Å². The van der Waals surface area contributed by atoms with Crippen LogP contribution in [0.3, 0.4) is 0 Å². The Bertz CT molecular complexity index is 677. The Hall–Kier alpha value is -2.62. The van der Waals surface area contributed by atoms with Crippen molar-refractivity contribution in [2.24, 2.45) is 0 Å². The van der Waals surface area contributed by atoms with E-state index < -0.39 is 0 Å². The summed E-state index contributed by atoms with van der Waals surface area (Å²) in [5.41, 5.74) is 2.01. The molecule has 0 aliphatic carbocycles. The predicted molar refractivity (Wildman–Crippen MR) is 77.2 cm³/mol. The fourth-order valence-corrected chi connectivity index (χ4v) is 1.88. The van der Waals surface area contributed by atoms with Crippen molar-refractivity contribution in [1.29, 1.82) is 0 Å². The summed E-state index contributed by atoms with van der Waals surface area (Å²) in [4.78, 5) is 23.5.